The highest BCUT2D eigenvalue weighted by atomic mass is 16.6. The number of amides is 1. The van der Waals surface area contributed by atoms with Crippen molar-refractivity contribution in [2.24, 2.45) is 0 Å². The number of hydrogen-bond acceptors (Lipinski definition) is 5. The number of benzene rings is 3. The van der Waals surface area contributed by atoms with Gasteiger partial charge in [0, 0.05) is 36.2 Å². The number of carbonyl (C=O) groups excluding carboxylic acids is 2. The molecule has 1 amide bonds. The van der Waals surface area contributed by atoms with Gasteiger partial charge < -0.3 is 5.32 Å². The molecule has 39 heavy (non-hydrogen) atoms. The Morgan fingerprint density at radius 3 is 2.51 bits per heavy atom. The predicted octanol–water partition coefficient (Wildman–Crippen LogP) is 7.38. The molecule has 0 saturated carbocycles. The van der Waals surface area contributed by atoms with Gasteiger partial charge in [0.2, 0.25) is 5.91 Å². The number of aryl methyl sites for hydroxylation is 1. The summed E-state index contributed by atoms with van der Waals surface area (Å²) in [6, 6.07) is 21.7. The smallest absolute Gasteiger partial charge is 0.269 e. The van der Waals surface area contributed by atoms with Crippen LogP contribution in [0.15, 0.2) is 84.1 Å². The third-order valence-corrected chi connectivity index (χ3v) is 7.70. The summed E-state index contributed by atoms with van der Waals surface area (Å²) >= 11 is 0. The molecule has 0 saturated heterocycles. The molecule has 2 atom stereocenters. The van der Waals surface area contributed by atoms with Crippen LogP contribution in [0.3, 0.4) is 0 Å². The summed E-state index contributed by atoms with van der Waals surface area (Å²) in [7, 11) is 0. The Bertz CT molecular complexity index is 1440. The number of nitrogens with zero attached hydrogens (tertiary/aromatic N) is 2. The topological polar surface area (TPSA) is 92.6 Å². The van der Waals surface area contributed by atoms with E-state index in [1.807, 2.05) is 66.4 Å². The molecule has 0 unspecified atom stereocenters. The number of Topliss-reactive ketones (excluding diaryl/α,β-unsaturated/α-hetero) is 1. The van der Waals surface area contributed by atoms with Gasteiger partial charge in [-0.15, -0.1) is 0 Å². The lowest BCUT2D eigenvalue weighted by Gasteiger charge is -2.35. The lowest BCUT2D eigenvalue weighted by molar-refractivity contribution is -0.384. The van der Waals surface area contributed by atoms with Crippen molar-refractivity contribution < 1.29 is 14.5 Å². The van der Waals surface area contributed by atoms with Crippen molar-refractivity contribution in [1.29, 1.82) is 0 Å². The number of para-hydroxylation sites is 2. The summed E-state index contributed by atoms with van der Waals surface area (Å²) in [5.41, 5.74) is 5.65. The Kier molecular flexibility index (Phi) is 7.59. The van der Waals surface area contributed by atoms with Crippen molar-refractivity contribution in [2.75, 3.05) is 10.2 Å². The lowest BCUT2D eigenvalue weighted by atomic mass is 9.78. The normalized spacial score (nSPS) is 18.6. The minimum absolute atomic E-state index is 0.00867. The van der Waals surface area contributed by atoms with Crippen LogP contribution in [-0.2, 0) is 9.59 Å². The molecule has 3 aromatic rings. The standard InChI is InChI=1S/C32H33N3O4/c1-3-4-5-13-30(37)34-28-12-7-6-11-26(28)33-27-19-24(23-9-8-10-25(18-23)35(38)39)20-29(36)31(27)32(34)22-16-14-21(2)15-17-22/h6-12,14-18,24,32-33H,3-5,13,19-20H2,1-2H3/t24-,32-/m1/s1. The van der Waals surface area contributed by atoms with Gasteiger partial charge in [0.05, 0.1) is 22.3 Å². The first-order valence-corrected chi connectivity index (χ1v) is 13.6. The van der Waals surface area contributed by atoms with Gasteiger partial charge in [-0.2, -0.15) is 0 Å². The Morgan fingerprint density at radius 2 is 1.77 bits per heavy atom. The fraction of sp³-hybridized carbons (Fsp3) is 0.312. The summed E-state index contributed by atoms with van der Waals surface area (Å²) in [6.07, 6.45) is 3.90. The molecule has 1 heterocycles. The number of fused-ring (bicyclic) bond motifs is 1. The van der Waals surface area contributed by atoms with E-state index < -0.39 is 11.0 Å². The Labute approximate surface area is 228 Å². The minimum Gasteiger partial charge on any atom is -0.357 e. The number of nitro benzene ring substituents is 1. The van der Waals surface area contributed by atoms with E-state index in [0.29, 0.717) is 18.4 Å². The molecular weight excluding hydrogens is 490 g/mol. The second-order valence-corrected chi connectivity index (χ2v) is 10.4. The van der Waals surface area contributed by atoms with Gasteiger partial charge >= 0.3 is 0 Å². The summed E-state index contributed by atoms with van der Waals surface area (Å²) in [5, 5.41) is 14.9. The average molecular weight is 524 g/mol. The monoisotopic (exact) mass is 523 g/mol. The maximum atomic E-state index is 14.0. The maximum Gasteiger partial charge on any atom is 0.269 e. The van der Waals surface area contributed by atoms with E-state index in [1.54, 1.807) is 12.1 Å². The maximum absolute atomic E-state index is 14.0. The van der Waals surface area contributed by atoms with E-state index in [9.17, 15) is 19.7 Å². The number of non-ortho nitro benzene ring substituents is 1. The second-order valence-electron chi connectivity index (χ2n) is 10.4. The number of ketones is 1. The first kappa shape index (κ1) is 26.4. The third-order valence-electron chi connectivity index (χ3n) is 7.70. The number of allylic oxidation sites excluding steroid dienone is 1. The Balaban J connectivity index is 1.65. The molecule has 2 aliphatic rings. The molecule has 1 N–H and O–H groups in total. The number of hydrogen-bond donors (Lipinski definition) is 1. The van der Waals surface area contributed by atoms with Crippen molar-refractivity contribution in [2.45, 2.75) is 64.3 Å². The summed E-state index contributed by atoms with van der Waals surface area (Å²) < 4.78 is 0. The first-order chi connectivity index (χ1) is 18.9. The molecule has 3 aromatic carbocycles. The van der Waals surface area contributed by atoms with Crippen LogP contribution in [0.1, 0.15) is 74.1 Å². The van der Waals surface area contributed by atoms with Crippen LogP contribution >= 0.6 is 0 Å². The van der Waals surface area contributed by atoms with E-state index in [4.69, 9.17) is 0 Å². The van der Waals surface area contributed by atoms with Crippen LogP contribution in [0.25, 0.3) is 0 Å². The van der Waals surface area contributed by atoms with Crippen LogP contribution in [0.2, 0.25) is 0 Å². The predicted molar refractivity (Wildman–Crippen MR) is 153 cm³/mol. The van der Waals surface area contributed by atoms with E-state index in [1.165, 1.54) is 6.07 Å². The largest absolute Gasteiger partial charge is 0.357 e. The van der Waals surface area contributed by atoms with E-state index >= 15 is 0 Å². The van der Waals surface area contributed by atoms with E-state index in [2.05, 4.69) is 12.2 Å². The van der Waals surface area contributed by atoms with Crippen LogP contribution in [0.5, 0.6) is 0 Å². The molecule has 1 aliphatic heterocycles. The molecule has 1 aliphatic carbocycles. The zero-order valence-electron chi connectivity index (χ0n) is 22.4. The fourth-order valence-corrected chi connectivity index (χ4v) is 5.70. The molecule has 7 heteroatoms. The fourth-order valence-electron chi connectivity index (χ4n) is 5.70. The van der Waals surface area contributed by atoms with Gasteiger partial charge in [0.25, 0.3) is 5.69 Å². The molecule has 0 radical (unpaired) electrons. The molecule has 0 aromatic heterocycles. The first-order valence-electron chi connectivity index (χ1n) is 13.6. The van der Waals surface area contributed by atoms with Crippen molar-refractivity contribution in [3.05, 3.63) is 111 Å². The molecule has 0 fully saturated rings. The molecule has 0 spiro atoms. The Morgan fingerprint density at radius 1 is 1.00 bits per heavy atom. The summed E-state index contributed by atoms with van der Waals surface area (Å²) in [4.78, 5) is 40.8. The number of carbonyl (C=O) groups is 2. The quantitative estimate of drug-likeness (QED) is 0.198. The highest BCUT2D eigenvalue weighted by molar-refractivity contribution is 6.06. The number of unbranched alkanes of at least 4 members (excludes halogenated alkanes) is 2. The van der Waals surface area contributed by atoms with Gasteiger partial charge in [-0.3, -0.25) is 24.6 Å². The SMILES string of the molecule is CCCCCC(=O)N1c2ccccc2NC2=C(C(=O)C[C@H](c3cccc([N+](=O)[O-])c3)C2)[C@H]1c1ccc(C)cc1. The number of rotatable bonds is 7. The molecule has 200 valence electrons. The van der Waals surface area contributed by atoms with Crippen molar-refractivity contribution >= 4 is 28.8 Å². The molecular formula is C32H33N3O4. The van der Waals surface area contributed by atoms with Crippen LogP contribution in [0.4, 0.5) is 17.1 Å². The number of anilines is 2. The van der Waals surface area contributed by atoms with E-state index in [0.717, 1.165) is 53.0 Å². The van der Waals surface area contributed by atoms with Crippen molar-refractivity contribution in [3.63, 3.8) is 0 Å². The lowest BCUT2D eigenvalue weighted by Crippen LogP contribution is -2.38. The van der Waals surface area contributed by atoms with E-state index in [-0.39, 0.29) is 29.7 Å². The van der Waals surface area contributed by atoms with Crippen molar-refractivity contribution in [3.8, 4) is 0 Å². The third kappa shape index (κ3) is 5.35. The summed E-state index contributed by atoms with van der Waals surface area (Å²) in [5.74, 6) is -0.267. The highest BCUT2D eigenvalue weighted by Gasteiger charge is 2.41. The highest BCUT2D eigenvalue weighted by Crippen LogP contribution is 2.47. The van der Waals surface area contributed by atoms with Crippen LogP contribution in [-0.4, -0.2) is 16.6 Å². The molecule has 7 nitrogen and oxygen atoms in total. The average Bonchev–Trinajstić information content (AvgIpc) is 3.08. The number of nitrogens with one attached hydrogen (secondary N) is 1. The summed E-state index contributed by atoms with van der Waals surface area (Å²) in [6.45, 7) is 4.13. The van der Waals surface area contributed by atoms with Crippen LogP contribution < -0.4 is 10.2 Å². The Hall–Kier alpha value is -4.26. The van der Waals surface area contributed by atoms with Gasteiger partial charge in [-0.25, -0.2) is 0 Å². The van der Waals surface area contributed by atoms with Gasteiger partial charge in [0.1, 0.15) is 0 Å². The minimum atomic E-state index is -0.565. The van der Waals surface area contributed by atoms with Crippen LogP contribution in [0, 0.1) is 17.0 Å². The second kappa shape index (κ2) is 11.2. The van der Waals surface area contributed by atoms with Gasteiger partial charge in [-0.1, -0.05) is 73.9 Å². The van der Waals surface area contributed by atoms with Gasteiger partial charge in [0.15, 0.2) is 5.78 Å². The molecule has 0 bridgehead atoms. The number of nitro groups is 1. The van der Waals surface area contributed by atoms with Crippen molar-refractivity contribution in [1.82, 2.24) is 0 Å². The van der Waals surface area contributed by atoms with Gasteiger partial charge in [-0.05, 0) is 48.9 Å². The zero-order chi connectivity index (χ0) is 27.5. The molecule has 5 rings (SSSR count). The zero-order valence-corrected chi connectivity index (χ0v) is 22.4.